The van der Waals surface area contributed by atoms with Gasteiger partial charge in [0.25, 0.3) is 5.56 Å². The van der Waals surface area contributed by atoms with Crippen molar-refractivity contribution in [1.82, 2.24) is 14.9 Å². The van der Waals surface area contributed by atoms with Gasteiger partial charge in [-0.15, -0.1) is 0 Å². The van der Waals surface area contributed by atoms with E-state index in [1.807, 2.05) is 0 Å². The summed E-state index contributed by atoms with van der Waals surface area (Å²) in [7, 11) is 0. The number of benzene rings is 3. The highest BCUT2D eigenvalue weighted by Gasteiger charge is 2.33. The number of para-hydroxylation sites is 1. The van der Waals surface area contributed by atoms with Crippen LogP contribution in [0.15, 0.2) is 71.5 Å². The fraction of sp³-hybridized carbons (Fsp3) is 0.125. The van der Waals surface area contributed by atoms with Gasteiger partial charge in [-0.2, -0.15) is 13.2 Å². The zero-order chi connectivity index (χ0) is 24.5. The fourth-order valence-corrected chi connectivity index (χ4v) is 3.56. The Balaban J connectivity index is 1.64. The van der Waals surface area contributed by atoms with E-state index >= 15 is 0 Å². The van der Waals surface area contributed by atoms with E-state index < -0.39 is 29.1 Å². The number of aromatic nitrogens is 2. The second-order valence-electron chi connectivity index (χ2n) is 7.45. The van der Waals surface area contributed by atoms with Crippen molar-refractivity contribution < 1.29 is 22.4 Å². The molecule has 0 spiro atoms. The first kappa shape index (κ1) is 23.0. The zero-order valence-corrected chi connectivity index (χ0v) is 17.8. The predicted octanol–water partition coefficient (Wildman–Crippen LogP) is 5.17. The van der Waals surface area contributed by atoms with Gasteiger partial charge in [0.05, 0.1) is 28.7 Å². The highest BCUT2D eigenvalue weighted by atomic mass is 19.4. The molecule has 0 radical (unpaired) electrons. The topological polar surface area (TPSA) is 76.0 Å². The van der Waals surface area contributed by atoms with E-state index in [1.165, 1.54) is 47.9 Å². The maximum Gasteiger partial charge on any atom is 0.416 e. The van der Waals surface area contributed by atoms with Crippen molar-refractivity contribution >= 4 is 22.6 Å². The second kappa shape index (κ2) is 8.97. The van der Waals surface area contributed by atoms with Crippen molar-refractivity contribution in [1.29, 1.82) is 0 Å². The van der Waals surface area contributed by atoms with E-state index in [2.05, 4.69) is 15.6 Å². The van der Waals surface area contributed by atoms with Gasteiger partial charge < -0.3 is 10.6 Å². The Morgan fingerprint density at radius 3 is 2.41 bits per heavy atom. The van der Waals surface area contributed by atoms with E-state index in [0.717, 1.165) is 6.07 Å². The number of fused-ring (bicyclic) bond motifs is 1. The molecule has 34 heavy (non-hydrogen) atoms. The zero-order valence-electron chi connectivity index (χ0n) is 17.8. The molecule has 10 heteroatoms. The van der Waals surface area contributed by atoms with Crippen LogP contribution in [0.3, 0.4) is 0 Å². The molecule has 0 saturated heterocycles. The Hall–Kier alpha value is -4.21. The standard InChI is InChI=1S/C24H18F4N4O2/c1-14-18(24(26,27)28)6-4-8-19(14)31-23(34)29-13-21-30-20-7-3-2-5-17(20)22(33)32(21)16-11-9-15(25)10-12-16/h2-12H,13H2,1H3,(H2,29,31,34). The van der Waals surface area contributed by atoms with Crippen molar-refractivity contribution in [3.8, 4) is 5.69 Å². The molecule has 0 bridgehead atoms. The van der Waals surface area contributed by atoms with Gasteiger partial charge in [-0.05, 0) is 61.0 Å². The largest absolute Gasteiger partial charge is 0.416 e. The van der Waals surface area contributed by atoms with Gasteiger partial charge >= 0.3 is 12.2 Å². The highest BCUT2D eigenvalue weighted by molar-refractivity contribution is 5.90. The van der Waals surface area contributed by atoms with Gasteiger partial charge in [-0.25, -0.2) is 14.2 Å². The quantitative estimate of drug-likeness (QED) is 0.404. The Morgan fingerprint density at radius 1 is 1.00 bits per heavy atom. The van der Waals surface area contributed by atoms with Gasteiger partial charge in [-0.3, -0.25) is 9.36 Å². The summed E-state index contributed by atoms with van der Waals surface area (Å²) in [6.45, 7) is 1.04. The molecule has 2 N–H and O–H groups in total. The molecule has 0 aliphatic rings. The summed E-state index contributed by atoms with van der Waals surface area (Å²) in [6, 6.07) is 14.5. The van der Waals surface area contributed by atoms with Gasteiger partial charge in [0.2, 0.25) is 0 Å². The highest BCUT2D eigenvalue weighted by Crippen LogP contribution is 2.34. The van der Waals surface area contributed by atoms with E-state index in [9.17, 15) is 27.2 Å². The third-order valence-electron chi connectivity index (χ3n) is 5.22. The lowest BCUT2D eigenvalue weighted by molar-refractivity contribution is -0.138. The predicted molar refractivity (Wildman–Crippen MR) is 119 cm³/mol. The van der Waals surface area contributed by atoms with E-state index in [1.54, 1.807) is 24.3 Å². The minimum atomic E-state index is -4.56. The first-order valence-corrected chi connectivity index (χ1v) is 10.1. The number of alkyl halides is 3. The molecule has 1 aromatic heterocycles. The van der Waals surface area contributed by atoms with E-state index in [-0.39, 0.29) is 23.6 Å². The Labute approximate surface area is 190 Å². The lowest BCUT2D eigenvalue weighted by Gasteiger charge is -2.16. The van der Waals surface area contributed by atoms with Crippen LogP contribution in [0.25, 0.3) is 16.6 Å². The van der Waals surface area contributed by atoms with Gasteiger partial charge in [0, 0.05) is 5.69 Å². The molecule has 2 amide bonds. The minimum Gasteiger partial charge on any atom is -0.331 e. The number of halogens is 4. The Morgan fingerprint density at radius 2 is 1.71 bits per heavy atom. The van der Waals surface area contributed by atoms with Crippen LogP contribution < -0.4 is 16.2 Å². The summed E-state index contributed by atoms with van der Waals surface area (Å²) in [5.74, 6) is -0.327. The lowest BCUT2D eigenvalue weighted by atomic mass is 10.1. The average molecular weight is 470 g/mol. The van der Waals surface area contributed by atoms with Crippen molar-refractivity contribution in [2.24, 2.45) is 0 Å². The lowest BCUT2D eigenvalue weighted by Crippen LogP contribution is -2.33. The van der Waals surface area contributed by atoms with Crippen molar-refractivity contribution in [2.45, 2.75) is 19.6 Å². The fourth-order valence-electron chi connectivity index (χ4n) is 3.56. The van der Waals surface area contributed by atoms with Crippen LogP contribution in [0, 0.1) is 12.7 Å². The number of nitrogens with zero attached hydrogens (tertiary/aromatic N) is 2. The maximum absolute atomic E-state index is 13.4. The van der Waals surface area contributed by atoms with Crippen LogP contribution in [0.5, 0.6) is 0 Å². The summed E-state index contributed by atoms with van der Waals surface area (Å²) >= 11 is 0. The number of anilines is 1. The second-order valence-corrected chi connectivity index (χ2v) is 7.45. The van der Waals surface area contributed by atoms with Gasteiger partial charge in [0.1, 0.15) is 11.6 Å². The van der Waals surface area contributed by atoms with E-state index in [4.69, 9.17) is 0 Å². The van der Waals surface area contributed by atoms with Crippen molar-refractivity contribution in [2.75, 3.05) is 5.32 Å². The van der Waals surface area contributed by atoms with Crippen LogP contribution in [-0.4, -0.2) is 15.6 Å². The van der Waals surface area contributed by atoms with Crippen LogP contribution in [0.4, 0.5) is 28.0 Å². The monoisotopic (exact) mass is 470 g/mol. The number of rotatable bonds is 4. The Bertz CT molecular complexity index is 1430. The molecule has 4 rings (SSSR count). The first-order valence-electron chi connectivity index (χ1n) is 10.1. The molecule has 174 valence electrons. The average Bonchev–Trinajstić information content (AvgIpc) is 2.79. The third-order valence-corrected chi connectivity index (χ3v) is 5.22. The number of nitrogens with one attached hydrogen (secondary N) is 2. The maximum atomic E-state index is 13.4. The summed E-state index contributed by atoms with van der Waals surface area (Å²) in [6.07, 6.45) is -4.56. The molecule has 0 saturated carbocycles. The summed E-state index contributed by atoms with van der Waals surface area (Å²) in [5, 5.41) is 5.25. The SMILES string of the molecule is Cc1c(NC(=O)NCc2nc3ccccc3c(=O)n2-c2ccc(F)cc2)cccc1C(F)(F)F. The van der Waals surface area contributed by atoms with Crippen LogP contribution >= 0.6 is 0 Å². The van der Waals surface area contributed by atoms with Crippen LogP contribution in [0.1, 0.15) is 17.0 Å². The number of hydrogen-bond acceptors (Lipinski definition) is 3. The summed E-state index contributed by atoms with van der Waals surface area (Å²) in [5.41, 5.74) is -0.658. The van der Waals surface area contributed by atoms with Crippen LogP contribution in [-0.2, 0) is 12.7 Å². The smallest absolute Gasteiger partial charge is 0.331 e. The number of carbonyl (C=O) groups is 1. The summed E-state index contributed by atoms with van der Waals surface area (Å²) < 4.78 is 54.1. The minimum absolute atomic E-state index is 0.00489. The molecule has 6 nitrogen and oxygen atoms in total. The van der Waals surface area contributed by atoms with Crippen molar-refractivity contribution in [3.05, 3.63) is 99.9 Å². The molecular weight excluding hydrogens is 452 g/mol. The molecule has 0 atom stereocenters. The molecule has 1 heterocycles. The van der Waals surface area contributed by atoms with Crippen LogP contribution in [0.2, 0.25) is 0 Å². The number of carbonyl (C=O) groups excluding carboxylic acids is 1. The Kier molecular flexibility index (Phi) is 6.06. The molecular formula is C24H18F4N4O2. The van der Waals surface area contributed by atoms with Gasteiger partial charge in [0.15, 0.2) is 0 Å². The number of urea groups is 1. The molecule has 4 aromatic rings. The van der Waals surface area contributed by atoms with Crippen molar-refractivity contribution in [3.63, 3.8) is 0 Å². The van der Waals surface area contributed by atoms with Gasteiger partial charge in [-0.1, -0.05) is 18.2 Å². The molecule has 0 fully saturated rings. The molecule has 0 aliphatic heterocycles. The normalized spacial score (nSPS) is 11.4. The number of amides is 2. The molecule has 0 aliphatic carbocycles. The third kappa shape index (κ3) is 4.61. The number of hydrogen-bond donors (Lipinski definition) is 2. The van der Waals surface area contributed by atoms with E-state index in [0.29, 0.717) is 16.6 Å². The molecule has 3 aromatic carbocycles. The molecule has 0 unspecified atom stereocenters. The summed E-state index contributed by atoms with van der Waals surface area (Å²) in [4.78, 5) is 30.1. The first-order chi connectivity index (χ1) is 16.1.